The van der Waals surface area contributed by atoms with Gasteiger partial charge in [0.25, 0.3) is 0 Å². The molecule has 100 valence electrons. The molecule has 0 amide bonds. The number of benzene rings is 2. The van der Waals surface area contributed by atoms with E-state index in [-0.39, 0.29) is 5.02 Å². The summed E-state index contributed by atoms with van der Waals surface area (Å²) in [5.41, 5.74) is 1.95. The summed E-state index contributed by atoms with van der Waals surface area (Å²) in [6.45, 7) is 0. The molecular formula is C16H11ClFNO. The van der Waals surface area contributed by atoms with Crippen molar-refractivity contribution in [3.05, 3.63) is 76.7 Å². The molecule has 3 aromatic rings. The van der Waals surface area contributed by atoms with Crippen molar-refractivity contribution in [1.29, 1.82) is 0 Å². The number of aliphatic hydroxyl groups excluding tert-OH is 1. The van der Waals surface area contributed by atoms with Gasteiger partial charge < -0.3 is 5.11 Å². The van der Waals surface area contributed by atoms with Crippen molar-refractivity contribution in [1.82, 2.24) is 4.98 Å². The molecule has 1 unspecified atom stereocenters. The van der Waals surface area contributed by atoms with Gasteiger partial charge in [0, 0.05) is 16.6 Å². The highest BCUT2D eigenvalue weighted by Gasteiger charge is 2.13. The standard InChI is InChI=1S/C16H11ClFNO/c17-13-7-12(8-14(18)9-13)16(20)11-3-4-15-10(6-11)2-1-5-19-15/h1-9,16,20H. The summed E-state index contributed by atoms with van der Waals surface area (Å²) in [5.74, 6) is -0.464. The molecule has 0 aliphatic heterocycles. The second kappa shape index (κ2) is 5.19. The molecule has 0 bridgehead atoms. The van der Waals surface area contributed by atoms with Gasteiger partial charge in [-0.1, -0.05) is 23.7 Å². The monoisotopic (exact) mass is 287 g/mol. The third kappa shape index (κ3) is 2.50. The van der Waals surface area contributed by atoms with Crippen LogP contribution in [-0.2, 0) is 0 Å². The number of nitrogens with zero attached hydrogens (tertiary/aromatic N) is 1. The molecule has 0 aliphatic carbocycles. The molecule has 20 heavy (non-hydrogen) atoms. The van der Waals surface area contributed by atoms with Crippen LogP contribution in [0.2, 0.25) is 5.02 Å². The largest absolute Gasteiger partial charge is 0.384 e. The first kappa shape index (κ1) is 13.0. The maximum absolute atomic E-state index is 13.4. The molecule has 0 aliphatic rings. The molecule has 0 saturated carbocycles. The summed E-state index contributed by atoms with van der Waals surface area (Å²) in [4.78, 5) is 4.22. The molecule has 2 aromatic carbocycles. The van der Waals surface area contributed by atoms with Gasteiger partial charge in [0.2, 0.25) is 0 Å². The first-order chi connectivity index (χ1) is 9.63. The summed E-state index contributed by atoms with van der Waals surface area (Å²) < 4.78 is 13.4. The molecule has 0 fully saturated rings. The van der Waals surface area contributed by atoms with Gasteiger partial charge in [-0.3, -0.25) is 4.98 Å². The zero-order valence-electron chi connectivity index (χ0n) is 10.4. The third-order valence-corrected chi connectivity index (χ3v) is 3.36. The normalized spacial score (nSPS) is 12.6. The van der Waals surface area contributed by atoms with Crippen LogP contribution in [0.1, 0.15) is 17.2 Å². The van der Waals surface area contributed by atoms with Gasteiger partial charge in [0.05, 0.1) is 5.52 Å². The molecule has 1 N–H and O–H groups in total. The molecule has 0 spiro atoms. The van der Waals surface area contributed by atoms with Crippen molar-refractivity contribution in [3.8, 4) is 0 Å². The molecule has 3 rings (SSSR count). The number of halogens is 2. The second-order valence-electron chi connectivity index (χ2n) is 4.56. The maximum atomic E-state index is 13.4. The lowest BCUT2D eigenvalue weighted by atomic mass is 10.00. The number of hydrogen-bond acceptors (Lipinski definition) is 2. The fraction of sp³-hybridized carbons (Fsp3) is 0.0625. The SMILES string of the molecule is OC(c1cc(F)cc(Cl)c1)c1ccc2ncccc2c1. The van der Waals surface area contributed by atoms with Gasteiger partial charge in [-0.15, -0.1) is 0 Å². The van der Waals surface area contributed by atoms with Crippen molar-refractivity contribution < 1.29 is 9.50 Å². The van der Waals surface area contributed by atoms with Crippen LogP contribution < -0.4 is 0 Å². The Labute approximate surface area is 120 Å². The number of aliphatic hydroxyl groups is 1. The Hall–Kier alpha value is -1.97. The third-order valence-electron chi connectivity index (χ3n) is 3.14. The van der Waals surface area contributed by atoms with E-state index in [0.29, 0.717) is 11.1 Å². The second-order valence-corrected chi connectivity index (χ2v) is 5.00. The topological polar surface area (TPSA) is 33.1 Å². The first-order valence-electron chi connectivity index (χ1n) is 6.12. The van der Waals surface area contributed by atoms with Crippen LogP contribution in [0.15, 0.2) is 54.7 Å². The first-order valence-corrected chi connectivity index (χ1v) is 6.50. The van der Waals surface area contributed by atoms with Crippen LogP contribution in [0.4, 0.5) is 4.39 Å². The van der Waals surface area contributed by atoms with E-state index in [2.05, 4.69) is 4.98 Å². The van der Waals surface area contributed by atoms with Gasteiger partial charge in [0.1, 0.15) is 11.9 Å². The predicted octanol–water partition coefficient (Wildman–Crippen LogP) is 4.11. The van der Waals surface area contributed by atoms with Crippen LogP contribution in [0.25, 0.3) is 10.9 Å². The molecule has 2 nitrogen and oxygen atoms in total. The lowest BCUT2D eigenvalue weighted by Crippen LogP contribution is -2.00. The van der Waals surface area contributed by atoms with Gasteiger partial charge in [-0.2, -0.15) is 0 Å². The number of pyridine rings is 1. The molecule has 0 radical (unpaired) electrons. The predicted molar refractivity (Wildman–Crippen MR) is 77.2 cm³/mol. The summed E-state index contributed by atoms with van der Waals surface area (Å²) >= 11 is 5.82. The van der Waals surface area contributed by atoms with Crippen LogP contribution in [0.5, 0.6) is 0 Å². The highest BCUT2D eigenvalue weighted by Crippen LogP contribution is 2.27. The van der Waals surface area contributed by atoms with E-state index >= 15 is 0 Å². The molecular weight excluding hydrogens is 277 g/mol. The Morgan fingerprint density at radius 2 is 1.90 bits per heavy atom. The molecule has 0 saturated heterocycles. The van der Waals surface area contributed by atoms with E-state index in [0.717, 1.165) is 10.9 Å². The summed E-state index contributed by atoms with van der Waals surface area (Å²) in [6.07, 6.45) is 0.790. The van der Waals surface area contributed by atoms with Crippen LogP contribution in [0.3, 0.4) is 0 Å². The van der Waals surface area contributed by atoms with Crippen molar-refractivity contribution in [3.63, 3.8) is 0 Å². The van der Waals surface area contributed by atoms with E-state index < -0.39 is 11.9 Å². The van der Waals surface area contributed by atoms with Crippen LogP contribution in [-0.4, -0.2) is 10.1 Å². The number of aromatic nitrogens is 1. The zero-order valence-corrected chi connectivity index (χ0v) is 11.2. The highest BCUT2D eigenvalue weighted by atomic mass is 35.5. The fourth-order valence-electron chi connectivity index (χ4n) is 2.19. The Morgan fingerprint density at radius 3 is 2.70 bits per heavy atom. The van der Waals surface area contributed by atoms with Crippen molar-refractivity contribution in [2.24, 2.45) is 0 Å². The van der Waals surface area contributed by atoms with Gasteiger partial charge >= 0.3 is 0 Å². The van der Waals surface area contributed by atoms with E-state index in [9.17, 15) is 9.50 Å². The van der Waals surface area contributed by atoms with E-state index in [1.807, 2.05) is 24.3 Å². The number of fused-ring (bicyclic) bond motifs is 1. The van der Waals surface area contributed by atoms with Gasteiger partial charge in [0.15, 0.2) is 0 Å². The molecule has 1 atom stereocenters. The zero-order chi connectivity index (χ0) is 14.1. The molecule has 1 heterocycles. The minimum absolute atomic E-state index is 0.265. The number of rotatable bonds is 2. The van der Waals surface area contributed by atoms with E-state index in [1.54, 1.807) is 18.3 Å². The van der Waals surface area contributed by atoms with Crippen molar-refractivity contribution in [2.45, 2.75) is 6.10 Å². The van der Waals surface area contributed by atoms with Crippen molar-refractivity contribution in [2.75, 3.05) is 0 Å². The molecule has 1 aromatic heterocycles. The fourth-order valence-corrected chi connectivity index (χ4v) is 2.42. The summed E-state index contributed by atoms with van der Waals surface area (Å²) in [6, 6.07) is 13.2. The van der Waals surface area contributed by atoms with Crippen LogP contribution in [0, 0.1) is 5.82 Å². The van der Waals surface area contributed by atoms with E-state index in [1.165, 1.54) is 12.1 Å². The van der Waals surface area contributed by atoms with Crippen LogP contribution >= 0.6 is 11.6 Å². The Kier molecular flexibility index (Phi) is 3.38. The quantitative estimate of drug-likeness (QED) is 0.769. The van der Waals surface area contributed by atoms with Gasteiger partial charge in [-0.25, -0.2) is 4.39 Å². The van der Waals surface area contributed by atoms with Gasteiger partial charge in [-0.05, 0) is 47.5 Å². The Morgan fingerprint density at radius 1 is 1.05 bits per heavy atom. The minimum atomic E-state index is -0.923. The lowest BCUT2D eigenvalue weighted by molar-refractivity contribution is 0.220. The highest BCUT2D eigenvalue weighted by molar-refractivity contribution is 6.30. The van der Waals surface area contributed by atoms with E-state index in [4.69, 9.17) is 11.6 Å². The average molecular weight is 288 g/mol. The van der Waals surface area contributed by atoms with Crippen molar-refractivity contribution >= 4 is 22.5 Å². The average Bonchev–Trinajstić information content (AvgIpc) is 2.45. The Balaban J connectivity index is 2.05. The minimum Gasteiger partial charge on any atom is -0.384 e. The smallest absolute Gasteiger partial charge is 0.125 e. The summed E-state index contributed by atoms with van der Waals surface area (Å²) in [7, 11) is 0. The lowest BCUT2D eigenvalue weighted by Gasteiger charge is -2.12. The molecule has 4 heteroatoms. The number of hydrogen-bond donors (Lipinski definition) is 1. The Bertz CT molecular complexity index is 755. The summed E-state index contributed by atoms with van der Waals surface area (Å²) in [5, 5.41) is 11.5. The maximum Gasteiger partial charge on any atom is 0.125 e.